The van der Waals surface area contributed by atoms with E-state index in [1.807, 2.05) is 0 Å². The predicted molar refractivity (Wildman–Crippen MR) is 67.7 cm³/mol. The monoisotopic (exact) mass is 273 g/mol. The van der Waals surface area contributed by atoms with Crippen LogP contribution >= 0.6 is 11.6 Å². The molecule has 0 aromatic carbocycles. The number of carbonyl (C=O) groups is 1. The Labute approximate surface area is 111 Å². The molecule has 18 heavy (non-hydrogen) atoms. The Kier molecular flexibility index (Phi) is 4.86. The lowest BCUT2D eigenvalue weighted by atomic mass is 10.2. The SMILES string of the molecule is CC(C)(C)OC(=O)N(CCO)c1ccc(Cl)nn1. The van der Waals surface area contributed by atoms with Gasteiger partial charge in [-0.2, -0.15) is 0 Å². The van der Waals surface area contributed by atoms with E-state index in [9.17, 15) is 4.79 Å². The summed E-state index contributed by atoms with van der Waals surface area (Å²) in [5, 5.41) is 16.6. The van der Waals surface area contributed by atoms with Crippen LogP contribution in [-0.2, 0) is 4.74 Å². The van der Waals surface area contributed by atoms with Gasteiger partial charge in [0.05, 0.1) is 13.2 Å². The first-order chi connectivity index (χ1) is 8.33. The molecule has 1 heterocycles. The molecular weight excluding hydrogens is 258 g/mol. The lowest BCUT2D eigenvalue weighted by molar-refractivity contribution is 0.0572. The maximum absolute atomic E-state index is 11.9. The van der Waals surface area contributed by atoms with Crippen LogP contribution in [0.5, 0.6) is 0 Å². The Morgan fingerprint density at radius 2 is 2.11 bits per heavy atom. The minimum Gasteiger partial charge on any atom is -0.443 e. The van der Waals surface area contributed by atoms with Gasteiger partial charge in [-0.15, -0.1) is 10.2 Å². The minimum atomic E-state index is -0.620. The second-order valence-electron chi connectivity index (χ2n) is 4.57. The molecule has 1 aromatic heterocycles. The number of anilines is 1. The molecule has 1 rings (SSSR count). The average molecular weight is 274 g/mol. The Morgan fingerprint density at radius 3 is 2.56 bits per heavy atom. The third-order valence-corrected chi connectivity index (χ3v) is 2.03. The summed E-state index contributed by atoms with van der Waals surface area (Å²) in [6, 6.07) is 3.05. The van der Waals surface area contributed by atoms with Crippen LogP contribution in [0.1, 0.15) is 20.8 Å². The standard InChI is InChI=1S/C11H16ClN3O3/c1-11(2,3)18-10(17)15(6-7-16)9-5-4-8(12)13-14-9/h4-5,16H,6-7H2,1-3H3. The number of amides is 1. The third kappa shape index (κ3) is 4.46. The highest BCUT2D eigenvalue weighted by Crippen LogP contribution is 2.16. The van der Waals surface area contributed by atoms with Gasteiger partial charge < -0.3 is 9.84 Å². The first kappa shape index (κ1) is 14.7. The molecule has 1 aromatic rings. The van der Waals surface area contributed by atoms with Gasteiger partial charge in [0.2, 0.25) is 0 Å². The molecule has 0 saturated carbocycles. The molecular formula is C11H16ClN3O3. The number of aliphatic hydroxyl groups is 1. The Balaban J connectivity index is 2.88. The van der Waals surface area contributed by atoms with Crippen molar-refractivity contribution in [1.29, 1.82) is 0 Å². The second kappa shape index (κ2) is 5.97. The van der Waals surface area contributed by atoms with E-state index in [2.05, 4.69) is 10.2 Å². The van der Waals surface area contributed by atoms with Crippen LogP contribution in [0.15, 0.2) is 12.1 Å². The normalized spacial score (nSPS) is 11.2. The highest BCUT2D eigenvalue weighted by Gasteiger charge is 2.24. The number of aromatic nitrogens is 2. The molecule has 1 N–H and O–H groups in total. The maximum atomic E-state index is 11.9. The van der Waals surface area contributed by atoms with E-state index in [-0.39, 0.29) is 24.1 Å². The zero-order valence-corrected chi connectivity index (χ0v) is 11.3. The summed E-state index contributed by atoms with van der Waals surface area (Å²) in [7, 11) is 0. The zero-order chi connectivity index (χ0) is 13.8. The van der Waals surface area contributed by atoms with Gasteiger partial charge in [-0.3, -0.25) is 4.90 Å². The van der Waals surface area contributed by atoms with Crippen LogP contribution in [-0.4, -0.2) is 40.1 Å². The summed E-state index contributed by atoms with van der Waals surface area (Å²) in [6.07, 6.45) is -0.590. The van der Waals surface area contributed by atoms with Crippen molar-refractivity contribution >= 4 is 23.5 Å². The van der Waals surface area contributed by atoms with Gasteiger partial charge in [0, 0.05) is 0 Å². The number of ether oxygens (including phenoxy) is 1. The maximum Gasteiger partial charge on any atom is 0.416 e. The van der Waals surface area contributed by atoms with Crippen molar-refractivity contribution in [3.63, 3.8) is 0 Å². The summed E-state index contributed by atoms with van der Waals surface area (Å²) in [5.41, 5.74) is -0.620. The van der Waals surface area contributed by atoms with Crippen molar-refractivity contribution in [2.45, 2.75) is 26.4 Å². The number of halogens is 1. The first-order valence-electron chi connectivity index (χ1n) is 5.44. The molecule has 0 atom stereocenters. The number of nitrogens with zero attached hydrogens (tertiary/aromatic N) is 3. The molecule has 100 valence electrons. The van der Waals surface area contributed by atoms with Gasteiger partial charge in [0.25, 0.3) is 0 Å². The van der Waals surface area contributed by atoms with Gasteiger partial charge in [-0.1, -0.05) is 11.6 Å². The molecule has 0 bridgehead atoms. The third-order valence-electron chi connectivity index (χ3n) is 1.83. The highest BCUT2D eigenvalue weighted by molar-refractivity contribution is 6.29. The van der Waals surface area contributed by atoms with E-state index in [1.54, 1.807) is 20.8 Å². The van der Waals surface area contributed by atoms with Crippen LogP contribution < -0.4 is 4.90 Å². The molecule has 0 spiro atoms. The van der Waals surface area contributed by atoms with Crippen molar-refractivity contribution in [2.24, 2.45) is 0 Å². The van der Waals surface area contributed by atoms with Gasteiger partial charge in [0.1, 0.15) is 5.60 Å². The quantitative estimate of drug-likeness (QED) is 0.910. The molecule has 0 saturated heterocycles. The Morgan fingerprint density at radius 1 is 1.44 bits per heavy atom. The summed E-state index contributed by atoms with van der Waals surface area (Å²) >= 11 is 5.62. The number of carbonyl (C=O) groups excluding carboxylic acids is 1. The average Bonchev–Trinajstić information content (AvgIpc) is 2.25. The van der Waals surface area contributed by atoms with Crippen LogP contribution in [0.4, 0.5) is 10.6 Å². The number of aliphatic hydroxyl groups excluding tert-OH is 1. The van der Waals surface area contributed by atoms with Crippen LogP contribution in [0, 0.1) is 0 Å². The topological polar surface area (TPSA) is 75.5 Å². The van der Waals surface area contributed by atoms with Crippen LogP contribution in [0.3, 0.4) is 0 Å². The second-order valence-corrected chi connectivity index (χ2v) is 4.96. The van der Waals surface area contributed by atoms with Gasteiger partial charge in [-0.25, -0.2) is 4.79 Å². The molecule has 0 radical (unpaired) electrons. The van der Waals surface area contributed by atoms with Crippen LogP contribution in [0.25, 0.3) is 0 Å². The molecule has 0 aliphatic carbocycles. The molecule has 0 fully saturated rings. The molecule has 0 unspecified atom stereocenters. The lowest BCUT2D eigenvalue weighted by Gasteiger charge is -2.25. The van der Waals surface area contributed by atoms with E-state index in [0.717, 1.165) is 0 Å². The Bertz CT molecular complexity index is 403. The fraction of sp³-hybridized carbons (Fsp3) is 0.545. The number of rotatable bonds is 3. The van der Waals surface area contributed by atoms with Crippen molar-refractivity contribution in [1.82, 2.24) is 10.2 Å². The van der Waals surface area contributed by atoms with Gasteiger partial charge in [-0.05, 0) is 32.9 Å². The summed E-state index contributed by atoms with van der Waals surface area (Å²) in [4.78, 5) is 13.1. The molecule has 0 aliphatic heterocycles. The highest BCUT2D eigenvalue weighted by atomic mass is 35.5. The van der Waals surface area contributed by atoms with Crippen molar-refractivity contribution in [2.75, 3.05) is 18.1 Å². The van der Waals surface area contributed by atoms with E-state index < -0.39 is 11.7 Å². The summed E-state index contributed by atoms with van der Waals surface area (Å²) in [5.74, 6) is 0.280. The van der Waals surface area contributed by atoms with Gasteiger partial charge in [0.15, 0.2) is 11.0 Å². The molecule has 6 nitrogen and oxygen atoms in total. The summed E-state index contributed by atoms with van der Waals surface area (Å²) < 4.78 is 5.21. The molecule has 1 amide bonds. The number of hydrogen-bond donors (Lipinski definition) is 1. The summed E-state index contributed by atoms with van der Waals surface area (Å²) in [6.45, 7) is 5.15. The lowest BCUT2D eigenvalue weighted by Crippen LogP contribution is -2.39. The fourth-order valence-electron chi connectivity index (χ4n) is 1.17. The van der Waals surface area contributed by atoms with Crippen molar-refractivity contribution < 1.29 is 14.6 Å². The van der Waals surface area contributed by atoms with Gasteiger partial charge >= 0.3 is 6.09 Å². The largest absolute Gasteiger partial charge is 0.443 e. The number of hydrogen-bond acceptors (Lipinski definition) is 5. The Hall–Kier alpha value is -1.40. The van der Waals surface area contributed by atoms with Crippen LogP contribution in [0.2, 0.25) is 5.15 Å². The van der Waals surface area contributed by atoms with E-state index in [4.69, 9.17) is 21.4 Å². The smallest absolute Gasteiger partial charge is 0.416 e. The molecule has 0 aliphatic rings. The van der Waals surface area contributed by atoms with E-state index in [1.165, 1.54) is 17.0 Å². The predicted octanol–water partition coefficient (Wildman–Crippen LogP) is 1.86. The first-order valence-corrected chi connectivity index (χ1v) is 5.82. The zero-order valence-electron chi connectivity index (χ0n) is 10.6. The van der Waals surface area contributed by atoms with Crippen molar-refractivity contribution in [3.05, 3.63) is 17.3 Å². The molecule has 7 heteroatoms. The fourth-order valence-corrected chi connectivity index (χ4v) is 1.27. The minimum absolute atomic E-state index is 0.0746. The van der Waals surface area contributed by atoms with Crippen molar-refractivity contribution in [3.8, 4) is 0 Å². The van der Waals surface area contributed by atoms with E-state index >= 15 is 0 Å². The van der Waals surface area contributed by atoms with E-state index in [0.29, 0.717) is 0 Å².